The Balaban J connectivity index is 0. The lowest BCUT2D eigenvalue weighted by atomic mass is 10.3. The molecule has 0 unspecified atom stereocenters. The largest absolute Gasteiger partial charge is 0.382 e. The molecule has 0 aliphatic heterocycles. The molecule has 1 rings (SSSR count). The van der Waals surface area contributed by atoms with E-state index in [1.165, 1.54) is 0 Å². The Morgan fingerprint density at radius 1 is 1.31 bits per heavy atom. The Morgan fingerprint density at radius 2 is 1.81 bits per heavy atom. The zero-order valence-corrected chi connectivity index (χ0v) is 11.8. The Labute approximate surface area is 100 Å². The molecule has 0 spiro atoms. The molecular weight excluding hydrogens is 198 g/mol. The number of aromatic amines is 1. The van der Waals surface area contributed by atoms with E-state index in [-0.39, 0.29) is 0 Å². The minimum Gasteiger partial charge on any atom is -0.382 e. The van der Waals surface area contributed by atoms with E-state index in [1.807, 2.05) is 34.6 Å². The van der Waals surface area contributed by atoms with Crippen LogP contribution in [0, 0.1) is 6.92 Å². The van der Waals surface area contributed by atoms with Gasteiger partial charge in [-0.15, -0.1) is 0 Å². The molecule has 1 aromatic heterocycles. The van der Waals surface area contributed by atoms with Gasteiger partial charge in [0, 0.05) is 6.04 Å². The number of hydrogen-bond donors (Lipinski definition) is 2. The fourth-order valence-electron chi connectivity index (χ4n) is 1.00. The molecule has 0 radical (unpaired) electrons. The van der Waals surface area contributed by atoms with Crippen LogP contribution in [0.25, 0.3) is 5.70 Å². The minimum absolute atomic E-state index is 0.404. The van der Waals surface area contributed by atoms with Crippen molar-refractivity contribution >= 4 is 5.70 Å². The van der Waals surface area contributed by atoms with E-state index in [1.54, 1.807) is 6.20 Å². The van der Waals surface area contributed by atoms with E-state index in [0.29, 0.717) is 6.04 Å². The monoisotopic (exact) mass is 225 g/mol. The third kappa shape index (κ3) is 7.10. The van der Waals surface area contributed by atoms with Crippen molar-refractivity contribution in [3.8, 4) is 0 Å². The molecule has 0 aliphatic carbocycles. The van der Waals surface area contributed by atoms with Gasteiger partial charge in [0.25, 0.3) is 0 Å². The highest BCUT2D eigenvalue weighted by molar-refractivity contribution is 5.57. The zero-order chi connectivity index (χ0) is 13.1. The van der Waals surface area contributed by atoms with Crippen molar-refractivity contribution in [3.05, 3.63) is 24.3 Å². The Bertz CT molecular complexity index is 274. The molecule has 0 saturated heterocycles. The lowest BCUT2D eigenvalue weighted by molar-refractivity contribution is 0.716. The third-order valence-electron chi connectivity index (χ3n) is 1.49. The molecule has 0 amide bonds. The smallest absolute Gasteiger partial charge is 0.103 e. The molecule has 0 bridgehead atoms. The molecule has 2 N–H and O–H groups in total. The van der Waals surface area contributed by atoms with Crippen molar-refractivity contribution < 1.29 is 0 Å². The maximum absolute atomic E-state index is 4.09. The van der Waals surface area contributed by atoms with Crippen molar-refractivity contribution in [2.75, 3.05) is 0 Å². The molecule has 1 heterocycles. The van der Waals surface area contributed by atoms with Crippen LogP contribution in [0.15, 0.2) is 12.8 Å². The summed E-state index contributed by atoms with van der Waals surface area (Å²) >= 11 is 0. The summed E-state index contributed by atoms with van der Waals surface area (Å²) in [4.78, 5) is 7.20. The van der Waals surface area contributed by atoms with Gasteiger partial charge in [0.1, 0.15) is 5.82 Å². The normalized spacial score (nSPS) is 8.50. The predicted molar refractivity (Wildman–Crippen MR) is 73.3 cm³/mol. The number of rotatable bonds is 3. The second-order valence-corrected chi connectivity index (χ2v) is 3.16. The number of imidazole rings is 1. The fourth-order valence-corrected chi connectivity index (χ4v) is 1.00. The standard InChI is InChI=1S/C9H15N3.2C2H6/c1-6(2)11-7(3)9-5-10-8(4)12-9;2*1-2/h5-6,11H,3H2,1-2,4H3,(H,10,12);2*1-2H3. The van der Waals surface area contributed by atoms with Crippen LogP contribution in [0.4, 0.5) is 0 Å². The average molecular weight is 225 g/mol. The van der Waals surface area contributed by atoms with Gasteiger partial charge in [-0.3, -0.25) is 0 Å². The lowest BCUT2D eigenvalue weighted by Gasteiger charge is -2.10. The molecule has 0 fully saturated rings. The summed E-state index contributed by atoms with van der Waals surface area (Å²) in [6.07, 6.45) is 1.78. The van der Waals surface area contributed by atoms with Gasteiger partial charge in [-0.2, -0.15) is 0 Å². The van der Waals surface area contributed by atoms with Gasteiger partial charge in [0.15, 0.2) is 0 Å². The first kappa shape index (κ1) is 17.2. The highest BCUT2D eigenvalue weighted by Crippen LogP contribution is 2.06. The van der Waals surface area contributed by atoms with Gasteiger partial charge in [-0.25, -0.2) is 4.98 Å². The molecule has 0 saturated carbocycles. The van der Waals surface area contributed by atoms with Crippen LogP contribution in [0.5, 0.6) is 0 Å². The van der Waals surface area contributed by atoms with E-state index in [2.05, 4.69) is 35.7 Å². The van der Waals surface area contributed by atoms with Crippen LogP contribution < -0.4 is 5.32 Å². The molecule has 0 aliphatic rings. The molecular formula is C13H27N3. The minimum atomic E-state index is 0.404. The van der Waals surface area contributed by atoms with E-state index < -0.39 is 0 Å². The number of aryl methyl sites for hydroxylation is 1. The number of H-pyrrole nitrogens is 1. The summed E-state index contributed by atoms with van der Waals surface area (Å²) < 4.78 is 0. The third-order valence-corrected chi connectivity index (χ3v) is 1.49. The summed E-state index contributed by atoms with van der Waals surface area (Å²) in [5, 5.41) is 3.21. The Morgan fingerprint density at radius 3 is 2.12 bits per heavy atom. The highest BCUT2D eigenvalue weighted by Gasteiger charge is 2.01. The number of hydrogen-bond acceptors (Lipinski definition) is 2. The Kier molecular flexibility index (Phi) is 11.0. The molecule has 0 aromatic carbocycles. The van der Waals surface area contributed by atoms with Crippen LogP contribution in [0.3, 0.4) is 0 Å². The second-order valence-electron chi connectivity index (χ2n) is 3.16. The van der Waals surface area contributed by atoms with Crippen LogP contribution in [0.1, 0.15) is 53.1 Å². The topological polar surface area (TPSA) is 40.7 Å². The number of nitrogens with zero attached hydrogens (tertiary/aromatic N) is 1. The lowest BCUT2D eigenvalue weighted by Crippen LogP contribution is -2.20. The van der Waals surface area contributed by atoms with Crippen molar-refractivity contribution in [1.29, 1.82) is 0 Å². The van der Waals surface area contributed by atoms with Crippen molar-refractivity contribution in [1.82, 2.24) is 15.3 Å². The van der Waals surface area contributed by atoms with Crippen molar-refractivity contribution in [3.63, 3.8) is 0 Å². The molecule has 3 heteroatoms. The summed E-state index contributed by atoms with van der Waals surface area (Å²) in [6.45, 7) is 18.0. The van der Waals surface area contributed by atoms with Gasteiger partial charge in [-0.1, -0.05) is 34.3 Å². The summed E-state index contributed by atoms with van der Waals surface area (Å²) in [5.41, 5.74) is 1.85. The van der Waals surface area contributed by atoms with E-state index in [0.717, 1.165) is 17.2 Å². The van der Waals surface area contributed by atoms with Crippen LogP contribution in [0.2, 0.25) is 0 Å². The SMILES string of the molecule is C=C(NC(C)C)c1cnc(C)[nH]1.CC.CC. The van der Waals surface area contributed by atoms with Crippen molar-refractivity contribution in [2.24, 2.45) is 0 Å². The van der Waals surface area contributed by atoms with E-state index >= 15 is 0 Å². The average Bonchev–Trinajstić information content (AvgIpc) is 2.70. The number of aromatic nitrogens is 2. The molecule has 94 valence electrons. The molecule has 1 aromatic rings. The predicted octanol–water partition coefficient (Wildman–Crippen LogP) is 3.74. The summed E-state index contributed by atoms with van der Waals surface area (Å²) in [5.74, 6) is 0.914. The van der Waals surface area contributed by atoms with Gasteiger partial charge in [-0.05, 0) is 20.8 Å². The van der Waals surface area contributed by atoms with Crippen LogP contribution >= 0.6 is 0 Å². The highest BCUT2D eigenvalue weighted by atomic mass is 15.0. The van der Waals surface area contributed by atoms with Gasteiger partial charge in [0.2, 0.25) is 0 Å². The second kappa shape index (κ2) is 10.3. The van der Waals surface area contributed by atoms with Gasteiger partial charge in [0.05, 0.1) is 17.6 Å². The Hall–Kier alpha value is -1.25. The number of nitrogens with one attached hydrogen (secondary N) is 2. The van der Waals surface area contributed by atoms with Crippen molar-refractivity contribution in [2.45, 2.75) is 54.5 Å². The quantitative estimate of drug-likeness (QED) is 0.822. The first-order valence-electron chi connectivity index (χ1n) is 6.07. The summed E-state index contributed by atoms with van der Waals surface area (Å²) in [7, 11) is 0. The van der Waals surface area contributed by atoms with Gasteiger partial charge < -0.3 is 10.3 Å². The van der Waals surface area contributed by atoms with Crippen LogP contribution in [-0.4, -0.2) is 16.0 Å². The first-order valence-corrected chi connectivity index (χ1v) is 6.07. The molecule has 16 heavy (non-hydrogen) atoms. The zero-order valence-electron chi connectivity index (χ0n) is 11.8. The van der Waals surface area contributed by atoms with E-state index in [9.17, 15) is 0 Å². The summed E-state index contributed by atoms with van der Waals surface area (Å²) in [6, 6.07) is 0.404. The maximum Gasteiger partial charge on any atom is 0.103 e. The maximum atomic E-state index is 4.09. The molecule has 3 nitrogen and oxygen atoms in total. The van der Waals surface area contributed by atoms with E-state index in [4.69, 9.17) is 0 Å². The fraction of sp³-hybridized carbons (Fsp3) is 0.615. The first-order chi connectivity index (χ1) is 7.59. The van der Waals surface area contributed by atoms with Crippen LogP contribution in [-0.2, 0) is 0 Å². The van der Waals surface area contributed by atoms with Gasteiger partial charge >= 0.3 is 0 Å². The molecule has 0 atom stereocenters.